The largest absolute Gasteiger partial charge is 0.369 e. The van der Waals surface area contributed by atoms with Gasteiger partial charge in [-0.25, -0.2) is 0 Å². The number of carbonyl (C=O) groups is 1. The van der Waals surface area contributed by atoms with Crippen LogP contribution in [0, 0.1) is 0 Å². The first-order valence-electron chi connectivity index (χ1n) is 3.63. The van der Waals surface area contributed by atoms with Gasteiger partial charge in [0, 0.05) is 19.7 Å². The highest BCUT2D eigenvalue weighted by atomic mass is 16.1. The molecule has 0 fully saturated rings. The van der Waals surface area contributed by atoms with Crippen LogP contribution >= 0.6 is 0 Å². The molecule has 1 rings (SSSR count). The van der Waals surface area contributed by atoms with Crippen molar-refractivity contribution in [2.24, 2.45) is 12.8 Å². The zero-order valence-electron chi connectivity index (χ0n) is 6.90. The maximum Gasteiger partial charge on any atom is 0.221 e. The van der Waals surface area contributed by atoms with E-state index in [0.717, 1.165) is 5.69 Å². The average Bonchev–Trinajstić information content (AvgIpc) is 2.35. The van der Waals surface area contributed by atoms with Gasteiger partial charge in [-0.2, -0.15) is 5.10 Å². The summed E-state index contributed by atoms with van der Waals surface area (Å²) in [7, 11) is 1.84. The molecular weight excluding hydrogens is 154 g/mol. The maximum atomic E-state index is 10.3. The number of hydrogen-bond acceptors (Lipinski definition) is 2. The third-order valence-electron chi connectivity index (χ3n) is 1.34. The van der Waals surface area contributed by atoms with E-state index in [2.05, 4.69) is 5.10 Å². The van der Waals surface area contributed by atoms with Crippen molar-refractivity contribution in [3.05, 3.63) is 24.0 Å². The summed E-state index contributed by atoms with van der Waals surface area (Å²) in [5.41, 5.74) is 5.78. The Morgan fingerprint density at radius 1 is 1.83 bits per heavy atom. The molecule has 0 aromatic carbocycles. The zero-order chi connectivity index (χ0) is 8.97. The van der Waals surface area contributed by atoms with Crippen LogP contribution < -0.4 is 5.73 Å². The Labute approximate surface area is 70.7 Å². The summed E-state index contributed by atoms with van der Waals surface area (Å²) < 4.78 is 1.70. The minimum Gasteiger partial charge on any atom is -0.369 e. The van der Waals surface area contributed by atoms with E-state index in [-0.39, 0.29) is 12.3 Å². The molecule has 0 unspecified atom stereocenters. The van der Waals surface area contributed by atoms with Gasteiger partial charge in [-0.05, 0) is 12.1 Å². The molecular formula is C8H11N3O. The number of aromatic nitrogens is 2. The molecule has 0 aliphatic rings. The van der Waals surface area contributed by atoms with Crippen LogP contribution in [0.1, 0.15) is 12.1 Å². The molecule has 0 saturated heterocycles. The van der Waals surface area contributed by atoms with E-state index in [1.165, 1.54) is 0 Å². The summed E-state index contributed by atoms with van der Waals surface area (Å²) in [5.74, 6) is -0.331. The molecule has 0 atom stereocenters. The molecule has 4 nitrogen and oxygen atoms in total. The Bertz CT molecular complexity index is 301. The first-order valence-corrected chi connectivity index (χ1v) is 3.63. The predicted octanol–water partition coefficient (Wildman–Crippen LogP) is 0.309. The smallest absolute Gasteiger partial charge is 0.221 e. The lowest BCUT2D eigenvalue weighted by molar-refractivity contribution is -0.117. The van der Waals surface area contributed by atoms with E-state index >= 15 is 0 Å². The van der Waals surface area contributed by atoms with E-state index in [9.17, 15) is 4.79 Å². The van der Waals surface area contributed by atoms with Crippen LogP contribution in [-0.2, 0) is 11.8 Å². The second-order valence-corrected chi connectivity index (χ2v) is 2.49. The van der Waals surface area contributed by atoms with Gasteiger partial charge in [-0.3, -0.25) is 9.48 Å². The molecule has 1 heterocycles. The van der Waals surface area contributed by atoms with Gasteiger partial charge in [0.2, 0.25) is 5.91 Å². The molecule has 4 heteroatoms. The Morgan fingerprint density at radius 2 is 2.58 bits per heavy atom. The van der Waals surface area contributed by atoms with Crippen molar-refractivity contribution in [2.75, 3.05) is 0 Å². The van der Waals surface area contributed by atoms with Crippen molar-refractivity contribution in [2.45, 2.75) is 6.42 Å². The molecule has 0 saturated carbocycles. The van der Waals surface area contributed by atoms with Gasteiger partial charge < -0.3 is 5.73 Å². The monoisotopic (exact) mass is 165 g/mol. The van der Waals surface area contributed by atoms with E-state index in [1.54, 1.807) is 16.8 Å². The molecule has 1 aromatic rings. The van der Waals surface area contributed by atoms with Crippen molar-refractivity contribution in [1.29, 1.82) is 0 Å². The van der Waals surface area contributed by atoms with Gasteiger partial charge in [0.05, 0.1) is 5.69 Å². The number of aryl methyl sites for hydroxylation is 1. The fourth-order valence-corrected chi connectivity index (χ4v) is 0.818. The van der Waals surface area contributed by atoms with E-state index in [4.69, 9.17) is 5.73 Å². The van der Waals surface area contributed by atoms with Crippen LogP contribution in [0.3, 0.4) is 0 Å². The summed E-state index contributed by atoms with van der Waals surface area (Å²) in [6, 6.07) is 1.86. The number of amides is 1. The van der Waals surface area contributed by atoms with E-state index in [1.807, 2.05) is 19.3 Å². The molecule has 0 aliphatic heterocycles. The van der Waals surface area contributed by atoms with Crippen LogP contribution in [-0.4, -0.2) is 15.7 Å². The topological polar surface area (TPSA) is 60.9 Å². The van der Waals surface area contributed by atoms with Gasteiger partial charge >= 0.3 is 0 Å². The fourth-order valence-electron chi connectivity index (χ4n) is 0.818. The first kappa shape index (κ1) is 8.52. The van der Waals surface area contributed by atoms with Crippen LogP contribution in [0.4, 0.5) is 0 Å². The highest BCUT2D eigenvalue weighted by Crippen LogP contribution is 1.97. The van der Waals surface area contributed by atoms with Crippen LogP contribution in [0.2, 0.25) is 0 Å². The van der Waals surface area contributed by atoms with Crippen LogP contribution in [0.5, 0.6) is 0 Å². The highest BCUT2D eigenvalue weighted by molar-refractivity contribution is 5.76. The molecule has 12 heavy (non-hydrogen) atoms. The molecule has 64 valence electrons. The van der Waals surface area contributed by atoms with Gasteiger partial charge in [0.1, 0.15) is 0 Å². The third-order valence-corrected chi connectivity index (χ3v) is 1.34. The summed E-state index contributed by atoms with van der Waals surface area (Å²) in [4.78, 5) is 10.3. The Hall–Kier alpha value is -1.58. The molecule has 0 bridgehead atoms. The van der Waals surface area contributed by atoms with Crippen LogP contribution in [0.15, 0.2) is 18.3 Å². The van der Waals surface area contributed by atoms with Crippen molar-refractivity contribution >= 4 is 12.0 Å². The predicted molar refractivity (Wildman–Crippen MR) is 46.1 cm³/mol. The number of nitrogens with zero attached hydrogens (tertiary/aromatic N) is 2. The quantitative estimate of drug-likeness (QED) is 0.700. The van der Waals surface area contributed by atoms with Gasteiger partial charge in [-0.1, -0.05) is 6.08 Å². The summed E-state index contributed by atoms with van der Waals surface area (Å²) >= 11 is 0. The Kier molecular flexibility index (Phi) is 2.63. The van der Waals surface area contributed by atoms with Gasteiger partial charge in [0.25, 0.3) is 0 Å². The Morgan fingerprint density at radius 3 is 3.08 bits per heavy atom. The summed E-state index contributed by atoms with van der Waals surface area (Å²) in [6.45, 7) is 0. The summed E-state index contributed by atoms with van der Waals surface area (Å²) in [5, 5.41) is 4.09. The molecule has 1 aromatic heterocycles. The lowest BCUT2D eigenvalue weighted by Crippen LogP contribution is -2.07. The average molecular weight is 165 g/mol. The lowest BCUT2D eigenvalue weighted by Gasteiger charge is -1.85. The SMILES string of the molecule is Cn1ccc(C=CCC(N)=O)n1. The fraction of sp³-hybridized carbons (Fsp3) is 0.250. The van der Waals surface area contributed by atoms with Gasteiger partial charge in [-0.15, -0.1) is 0 Å². The molecule has 2 N–H and O–H groups in total. The first-order chi connectivity index (χ1) is 5.68. The Balaban J connectivity index is 2.52. The molecule has 0 aliphatic carbocycles. The standard InChI is InChI=1S/C8H11N3O/c1-11-6-5-7(10-11)3-2-4-8(9)12/h2-3,5-6H,4H2,1H3,(H2,9,12). The zero-order valence-corrected chi connectivity index (χ0v) is 6.90. The minimum atomic E-state index is -0.331. The number of hydrogen-bond donors (Lipinski definition) is 1. The highest BCUT2D eigenvalue weighted by Gasteiger charge is 1.90. The second-order valence-electron chi connectivity index (χ2n) is 2.49. The van der Waals surface area contributed by atoms with Crippen molar-refractivity contribution in [3.8, 4) is 0 Å². The normalized spacial score (nSPS) is 10.8. The van der Waals surface area contributed by atoms with E-state index < -0.39 is 0 Å². The number of primary amides is 1. The van der Waals surface area contributed by atoms with E-state index in [0.29, 0.717) is 0 Å². The number of rotatable bonds is 3. The number of carbonyl (C=O) groups excluding carboxylic acids is 1. The summed E-state index contributed by atoms with van der Waals surface area (Å²) in [6.07, 6.45) is 5.57. The van der Waals surface area contributed by atoms with Gasteiger partial charge in [0.15, 0.2) is 0 Å². The van der Waals surface area contributed by atoms with Crippen molar-refractivity contribution in [1.82, 2.24) is 9.78 Å². The second kappa shape index (κ2) is 3.71. The maximum absolute atomic E-state index is 10.3. The van der Waals surface area contributed by atoms with Crippen molar-refractivity contribution < 1.29 is 4.79 Å². The lowest BCUT2D eigenvalue weighted by atomic mass is 10.3. The van der Waals surface area contributed by atoms with Crippen molar-refractivity contribution in [3.63, 3.8) is 0 Å². The molecule has 0 radical (unpaired) electrons. The van der Waals surface area contributed by atoms with Crippen LogP contribution in [0.25, 0.3) is 6.08 Å². The molecule has 1 amide bonds. The third kappa shape index (κ3) is 2.57. The number of nitrogens with two attached hydrogens (primary N) is 1. The molecule has 0 spiro atoms. The minimum absolute atomic E-state index is 0.260.